The molecule has 0 N–H and O–H groups in total. The second-order valence-electron chi connectivity index (χ2n) is 1.89. The number of hydrogen-bond donors (Lipinski definition) is 0. The van der Waals surface area contributed by atoms with Crippen molar-refractivity contribution in [3.05, 3.63) is 12.8 Å². The Morgan fingerprint density at radius 2 is 2.09 bits per heavy atom. The first-order chi connectivity index (χ1) is 5.35. The van der Waals surface area contributed by atoms with E-state index < -0.39 is 0 Å². The molecule has 0 heterocycles. The molecule has 11 heavy (non-hydrogen) atoms. The van der Waals surface area contributed by atoms with Crippen molar-refractivity contribution in [2.45, 2.75) is 13.8 Å². The van der Waals surface area contributed by atoms with Crippen LogP contribution in [0, 0.1) is 0 Å². The van der Waals surface area contributed by atoms with E-state index in [0.29, 0.717) is 0 Å². The molecule has 0 aliphatic rings. The zero-order valence-electron chi connectivity index (χ0n) is 7.20. The lowest BCUT2D eigenvalue weighted by atomic mass is 10.6. The van der Waals surface area contributed by atoms with E-state index >= 15 is 0 Å². The smallest absolute Gasteiger partial charge is 0.0955 e. The van der Waals surface area contributed by atoms with Crippen LogP contribution in [0.15, 0.2) is 22.8 Å². The van der Waals surface area contributed by atoms with Gasteiger partial charge in [-0.2, -0.15) is 0 Å². The van der Waals surface area contributed by atoms with Crippen molar-refractivity contribution >= 4 is 12.7 Å². The largest absolute Gasteiger partial charge is 0.324 e. The van der Waals surface area contributed by atoms with Gasteiger partial charge in [-0.3, -0.25) is 4.99 Å². The van der Waals surface area contributed by atoms with Gasteiger partial charge in [0.05, 0.1) is 12.7 Å². The van der Waals surface area contributed by atoms with Crippen molar-refractivity contribution in [3.8, 4) is 0 Å². The fourth-order valence-corrected chi connectivity index (χ4v) is 0.512. The highest BCUT2D eigenvalue weighted by atomic mass is 15.2. The van der Waals surface area contributed by atoms with E-state index in [1.165, 1.54) is 6.20 Å². The van der Waals surface area contributed by atoms with Crippen molar-refractivity contribution in [1.29, 1.82) is 0 Å². The van der Waals surface area contributed by atoms with Crippen molar-refractivity contribution in [2.24, 2.45) is 9.98 Å². The lowest BCUT2D eigenvalue weighted by molar-refractivity contribution is 0.676. The van der Waals surface area contributed by atoms with E-state index in [-0.39, 0.29) is 0 Å². The fourth-order valence-electron chi connectivity index (χ4n) is 0.512. The zero-order chi connectivity index (χ0) is 8.53. The summed E-state index contributed by atoms with van der Waals surface area (Å²) < 4.78 is 0. The summed E-state index contributed by atoms with van der Waals surface area (Å²) in [5, 5.41) is 0. The van der Waals surface area contributed by atoms with Crippen molar-refractivity contribution < 1.29 is 0 Å². The van der Waals surface area contributed by atoms with Gasteiger partial charge < -0.3 is 4.90 Å². The van der Waals surface area contributed by atoms with E-state index in [4.69, 9.17) is 0 Å². The molecule has 3 heteroatoms. The summed E-state index contributed by atoms with van der Waals surface area (Å²) >= 11 is 0. The summed E-state index contributed by atoms with van der Waals surface area (Å²) in [5.41, 5.74) is 0. The van der Waals surface area contributed by atoms with Crippen LogP contribution in [0.25, 0.3) is 0 Å². The van der Waals surface area contributed by atoms with Crippen LogP contribution >= 0.6 is 0 Å². The van der Waals surface area contributed by atoms with Gasteiger partial charge in [0, 0.05) is 19.3 Å². The molecule has 62 valence electrons. The highest BCUT2D eigenvalue weighted by molar-refractivity contribution is 5.75. The van der Waals surface area contributed by atoms with E-state index in [0.717, 1.165) is 13.1 Å². The molecule has 0 aromatic rings. The predicted molar refractivity (Wildman–Crippen MR) is 50.1 cm³/mol. The van der Waals surface area contributed by atoms with Crippen LogP contribution in [0.3, 0.4) is 0 Å². The van der Waals surface area contributed by atoms with Crippen LogP contribution in [0.4, 0.5) is 0 Å². The zero-order valence-corrected chi connectivity index (χ0v) is 7.20. The Morgan fingerprint density at radius 3 is 2.55 bits per heavy atom. The molecule has 0 aromatic carbocycles. The van der Waals surface area contributed by atoms with Crippen molar-refractivity contribution in [3.63, 3.8) is 0 Å². The molecule has 0 rings (SSSR count). The molecular weight excluding hydrogens is 138 g/mol. The Hall–Kier alpha value is -1.12. The molecule has 0 radical (unpaired) electrons. The molecule has 3 nitrogen and oxygen atoms in total. The second-order valence-corrected chi connectivity index (χ2v) is 1.89. The lowest BCUT2D eigenvalue weighted by Crippen LogP contribution is -2.19. The second kappa shape index (κ2) is 6.99. The highest BCUT2D eigenvalue weighted by Crippen LogP contribution is 1.78. The number of nitrogens with zero attached hydrogens (tertiary/aromatic N) is 3. The Balaban J connectivity index is 3.84. The van der Waals surface area contributed by atoms with E-state index in [2.05, 4.69) is 16.6 Å². The molecule has 0 saturated heterocycles. The Morgan fingerprint density at radius 1 is 1.36 bits per heavy atom. The maximum atomic E-state index is 4.07. The Kier molecular flexibility index (Phi) is 6.28. The first kappa shape index (κ1) is 9.88. The van der Waals surface area contributed by atoms with Crippen LogP contribution in [0.5, 0.6) is 0 Å². The monoisotopic (exact) mass is 153 g/mol. The van der Waals surface area contributed by atoms with E-state index in [9.17, 15) is 0 Å². The molecule has 0 aliphatic carbocycles. The molecule has 0 amide bonds. The van der Waals surface area contributed by atoms with Crippen LogP contribution in [-0.2, 0) is 0 Å². The average molecular weight is 153 g/mol. The van der Waals surface area contributed by atoms with Crippen LogP contribution in [0.1, 0.15) is 13.8 Å². The Bertz CT molecular complexity index is 149. The van der Waals surface area contributed by atoms with Gasteiger partial charge in [0.2, 0.25) is 0 Å². The molecule has 0 saturated carbocycles. The highest BCUT2D eigenvalue weighted by Gasteiger charge is 1.86. The predicted octanol–water partition coefficient (Wildman–Crippen LogP) is 1.53. The van der Waals surface area contributed by atoms with Crippen LogP contribution < -0.4 is 0 Å². The molecule has 0 spiro atoms. The van der Waals surface area contributed by atoms with Gasteiger partial charge in [0.25, 0.3) is 0 Å². The maximum absolute atomic E-state index is 4.07. The molecule has 0 aromatic heterocycles. The first-order valence-corrected chi connectivity index (χ1v) is 3.75. The minimum Gasteiger partial charge on any atom is -0.324 e. The average Bonchev–Trinajstić information content (AvgIpc) is 2.05. The van der Waals surface area contributed by atoms with Gasteiger partial charge in [-0.1, -0.05) is 6.58 Å². The molecule has 0 aliphatic heterocycles. The molecule has 0 unspecified atom stereocenters. The summed E-state index contributed by atoms with van der Waals surface area (Å²) in [6.45, 7) is 9.19. The van der Waals surface area contributed by atoms with Gasteiger partial charge in [0.1, 0.15) is 0 Å². The quantitative estimate of drug-likeness (QED) is 0.435. The molecule has 0 atom stereocenters. The third-order valence-electron chi connectivity index (χ3n) is 1.10. The summed E-state index contributed by atoms with van der Waals surface area (Å²) in [5.74, 6) is 0. The first-order valence-electron chi connectivity index (χ1n) is 3.75. The molecule has 0 bridgehead atoms. The normalized spacial score (nSPS) is 11.1. The van der Waals surface area contributed by atoms with Gasteiger partial charge in [0.15, 0.2) is 0 Å². The summed E-state index contributed by atoms with van der Waals surface area (Å²) in [7, 11) is 0. The Labute approximate surface area is 68.2 Å². The standard InChI is InChI=1S/C8H15N3/c1-4-9-7-11(6-3)8-10-5-2/h4,7-8H,1,5-6H2,2-3H3. The molecule has 0 fully saturated rings. The van der Waals surface area contributed by atoms with Gasteiger partial charge in [-0.05, 0) is 13.8 Å². The number of hydrogen-bond acceptors (Lipinski definition) is 2. The molecular formula is C8H15N3. The van der Waals surface area contributed by atoms with Crippen molar-refractivity contribution in [2.75, 3.05) is 13.1 Å². The summed E-state index contributed by atoms with van der Waals surface area (Å²) in [6, 6.07) is 0. The van der Waals surface area contributed by atoms with E-state index in [1.807, 2.05) is 18.7 Å². The third kappa shape index (κ3) is 5.33. The minimum atomic E-state index is 0.804. The fraction of sp³-hybridized carbons (Fsp3) is 0.500. The SMILES string of the molecule is C=CN=CN(C=NCC)CC. The van der Waals surface area contributed by atoms with Crippen molar-refractivity contribution in [1.82, 2.24) is 4.90 Å². The van der Waals surface area contributed by atoms with Crippen LogP contribution in [-0.4, -0.2) is 30.7 Å². The summed E-state index contributed by atoms with van der Waals surface area (Å²) in [6.07, 6.45) is 4.97. The number of rotatable bonds is 5. The number of aliphatic imine (C=N–C) groups is 2. The van der Waals surface area contributed by atoms with Crippen LogP contribution in [0.2, 0.25) is 0 Å². The topological polar surface area (TPSA) is 28.0 Å². The van der Waals surface area contributed by atoms with Gasteiger partial charge >= 0.3 is 0 Å². The summed E-state index contributed by atoms with van der Waals surface area (Å²) in [4.78, 5) is 9.83. The lowest BCUT2D eigenvalue weighted by Gasteiger charge is -2.08. The van der Waals surface area contributed by atoms with Gasteiger partial charge in [-0.15, -0.1) is 0 Å². The maximum Gasteiger partial charge on any atom is 0.0955 e. The van der Waals surface area contributed by atoms with E-state index in [1.54, 1.807) is 12.7 Å². The minimum absolute atomic E-state index is 0.804. The third-order valence-corrected chi connectivity index (χ3v) is 1.10. The van der Waals surface area contributed by atoms with Gasteiger partial charge in [-0.25, -0.2) is 4.99 Å².